The average molecular weight is 475 g/mol. The Hall–Kier alpha value is -3.22. The molecule has 0 unspecified atom stereocenters. The molecule has 1 amide bonds. The molecular formula is C29H34N2O4. The number of likely N-dealkylation sites (tertiary alicyclic amines) is 1. The highest BCUT2D eigenvalue weighted by Crippen LogP contribution is 2.29. The monoisotopic (exact) mass is 474 g/mol. The van der Waals surface area contributed by atoms with Crippen molar-refractivity contribution in [3.63, 3.8) is 0 Å². The second-order valence-corrected chi connectivity index (χ2v) is 9.12. The zero-order chi connectivity index (χ0) is 24.5. The summed E-state index contributed by atoms with van der Waals surface area (Å²) in [7, 11) is 0. The van der Waals surface area contributed by atoms with E-state index in [0.29, 0.717) is 13.2 Å². The van der Waals surface area contributed by atoms with Crippen LogP contribution in [0.5, 0.6) is 0 Å². The summed E-state index contributed by atoms with van der Waals surface area (Å²) < 4.78 is 5.58. The number of carbonyl (C=O) groups is 2. The standard InChI is InChI=1S/C29H34N2O4/c32-22-27(33)14-11-23-7-9-24(10-8-23)21-30(19-20-35-29(34)31-16-3-4-17-31)18-15-26-13-12-25-5-1-2-6-28(25)26/h1-2,5-11,13-14,32H,3-4,12,15-22H2/b14-11+. The van der Waals surface area contributed by atoms with Crippen LogP contribution in [0.15, 0.2) is 60.7 Å². The molecule has 0 bridgehead atoms. The lowest BCUT2D eigenvalue weighted by Gasteiger charge is -2.24. The highest BCUT2D eigenvalue weighted by Gasteiger charge is 2.20. The number of fused-ring (bicyclic) bond motifs is 1. The molecule has 1 N–H and O–H groups in total. The molecule has 2 aliphatic rings. The molecule has 1 aliphatic heterocycles. The number of hydrogen-bond acceptors (Lipinski definition) is 5. The Morgan fingerprint density at radius 2 is 1.80 bits per heavy atom. The lowest BCUT2D eigenvalue weighted by molar-refractivity contribution is -0.117. The molecule has 1 aliphatic carbocycles. The van der Waals surface area contributed by atoms with Crippen molar-refractivity contribution in [1.82, 2.24) is 9.80 Å². The number of aliphatic hydroxyl groups is 1. The molecule has 4 rings (SSSR count). The van der Waals surface area contributed by atoms with Crippen LogP contribution in [-0.4, -0.2) is 66.2 Å². The first-order valence-corrected chi connectivity index (χ1v) is 12.4. The van der Waals surface area contributed by atoms with Gasteiger partial charge in [0, 0.05) is 32.7 Å². The molecular weight excluding hydrogens is 440 g/mol. The van der Waals surface area contributed by atoms with Gasteiger partial charge in [-0.25, -0.2) is 4.79 Å². The quantitative estimate of drug-likeness (QED) is 0.491. The summed E-state index contributed by atoms with van der Waals surface area (Å²) >= 11 is 0. The molecule has 0 atom stereocenters. The summed E-state index contributed by atoms with van der Waals surface area (Å²) in [5, 5.41) is 8.86. The van der Waals surface area contributed by atoms with Gasteiger partial charge in [-0.15, -0.1) is 0 Å². The van der Waals surface area contributed by atoms with Gasteiger partial charge in [-0.05, 0) is 59.6 Å². The molecule has 1 fully saturated rings. The molecule has 0 aromatic heterocycles. The maximum Gasteiger partial charge on any atom is 0.409 e. The van der Waals surface area contributed by atoms with Crippen LogP contribution in [0.2, 0.25) is 0 Å². The Balaban J connectivity index is 1.36. The zero-order valence-corrected chi connectivity index (χ0v) is 20.2. The van der Waals surface area contributed by atoms with E-state index in [1.165, 1.54) is 22.8 Å². The lowest BCUT2D eigenvalue weighted by Crippen LogP contribution is -2.33. The smallest absolute Gasteiger partial charge is 0.409 e. The Morgan fingerprint density at radius 1 is 1.03 bits per heavy atom. The minimum absolute atomic E-state index is 0.205. The number of hydrogen-bond donors (Lipinski definition) is 1. The predicted octanol–water partition coefficient (Wildman–Crippen LogP) is 4.33. The van der Waals surface area contributed by atoms with Crippen LogP contribution in [0.3, 0.4) is 0 Å². The average Bonchev–Trinajstić information content (AvgIpc) is 3.57. The summed E-state index contributed by atoms with van der Waals surface area (Å²) in [5.41, 5.74) is 6.18. The number of amides is 1. The number of rotatable bonds is 11. The number of nitrogens with zero attached hydrogens (tertiary/aromatic N) is 2. The fraction of sp³-hybridized carbons (Fsp3) is 0.379. The molecule has 1 saturated heterocycles. The van der Waals surface area contributed by atoms with E-state index in [-0.39, 0.29) is 11.9 Å². The topological polar surface area (TPSA) is 70.1 Å². The maximum absolute atomic E-state index is 12.3. The molecule has 0 radical (unpaired) electrons. The molecule has 0 spiro atoms. The van der Waals surface area contributed by atoms with Crippen molar-refractivity contribution in [2.24, 2.45) is 0 Å². The van der Waals surface area contributed by atoms with Gasteiger partial charge in [0.15, 0.2) is 5.78 Å². The summed E-state index contributed by atoms with van der Waals surface area (Å²) in [5.74, 6) is -0.313. The van der Waals surface area contributed by atoms with E-state index < -0.39 is 6.61 Å². The van der Waals surface area contributed by atoms with Crippen molar-refractivity contribution in [3.05, 3.63) is 82.9 Å². The van der Waals surface area contributed by atoms with E-state index in [2.05, 4.69) is 47.4 Å². The highest BCUT2D eigenvalue weighted by atomic mass is 16.6. The van der Waals surface area contributed by atoms with Gasteiger partial charge in [0.1, 0.15) is 13.2 Å². The third-order valence-corrected chi connectivity index (χ3v) is 6.63. The number of benzene rings is 2. The molecule has 2 aromatic rings. The first-order valence-electron chi connectivity index (χ1n) is 12.4. The number of aliphatic hydroxyl groups excluding tert-OH is 1. The lowest BCUT2D eigenvalue weighted by atomic mass is 10.0. The van der Waals surface area contributed by atoms with Crippen LogP contribution in [0, 0.1) is 0 Å². The number of carbonyl (C=O) groups excluding carboxylic acids is 2. The van der Waals surface area contributed by atoms with Crippen molar-refractivity contribution >= 4 is 23.5 Å². The summed E-state index contributed by atoms with van der Waals surface area (Å²) in [6, 6.07) is 16.6. The largest absolute Gasteiger partial charge is 0.448 e. The van der Waals surface area contributed by atoms with Crippen molar-refractivity contribution in [1.29, 1.82) is 0 Å². The van der Waals surface area contributed by atoms with Crippen LogP contribution in [0.4, 0.5) is 4.79 Å². The second-order valence-electron chi connectivity index (χ2n) is 9.12. The normalized spacial score (nSPS) is 15.0. The summed E-state index contributed by atoms with van der Waals surface area (Å²) in [6.45, 7) is 3.76. The molecule has 0 saturated carbocycles. The third-order valence-electron chi connectivity index (χ3n) is 6.63. The number of ether oxygens (including phenoxy) is 1. The summed E-state index contributed by atoms with van der Waals surface area (Å²) in [6.07, 6.45) is 9.27. The molecule has 6 nitrogen and oxygen atoms in total. The van der Waals surface area contributed by atoms with Gasteiger partial charge >= 0.3 is 6.09 Å². The van der Waals surface area contributed by atoms with Crippen molar-refractivity contribution in [2.75, 3.05) is 39.4 Å². The third kappa shape index (κ3) is 7.13. The zero-order valence-electron chi connectivity index (χ0n) is 20.2. The van der Waals surface area contributed by atoms with Crippen LogP contribution >= 0.6 is 0 Å². The van der Waals surface area contributed by atoms with Gasteiger partial charge in [0.25, 0.3) is 0 Å². The van der Waals surface area contributed by atoms with Crippen molar-refractivity contribution in [3.8, 4) is 0 Å². The fourth-order valence-corrected chi connectivity index (χ4v) is 4.63. The van der Waals surface area contributed by atoms with Crippen molar-refractivity contribution in [2.45, 2.75) is 32.2 Å². The van der Waals surface area contributed by atoms with Gasteiger partial charge in [-0.1, -0.05) is 60.7 Å². The van der Waals surface area contributed by atoms with Crippen LogP contribution in [0.1, 0.15) is 41.5 Å². The Bertz CT molecular complexity index is 1070. The Morgan fingerprint density at radius 3 is 2.57 bits per heavy atom. The van der Waals surface area contributed by atoms with Crippen LogP contribution in [0.25, 0.3) is 11.6 Å². The minimum Gasteiger partial charge on any atom is -0.448 e. The van der Waals surface area contributed by atoms with Crippen molar-refractivity contribution < 1.29 is 19.4 Å². The van der Waals surface area contributed by atoms with Gasteiger partial charge in [0.2, 0.25) is 0 Å². The van der Waals surface area contributed by atoms with Gasteiger partial charge in [-0.2, -0.15) is 0 Å². The molecule has 184 valence electrons. The summed E-state index contributed by atoms with van der Waals surface area (Å²) in [4.78, 5) is 27.7. The van der Waals surface area contributed by atoms with E-state index in [0.717, 1.165) is 63.0 Å². The van der Waals surface area contributed by atoms with E-state index in [4.69, 9.17) is 9.84 Å². The molecule has 1 heterocycles. The van der Waals surface area contributed by atoms with Gasteiger partial charge < -0.3 is 14.7 Å². The van der Waals surface area contributed by atoms with E-state index in [1.807, 2.05) is 12.1 Å². The fourth-order valence-electron chi connectivity index (χ4n) is 4.63. The van der Waals surface area contributed by atoms with Crippen LogP contribution < -0.4 is 0 Å². The number of ketones is 1. The van der Waals surface area contributed by atoms with Gasteiger partial charge in [0.05, 0.1) is 0 Å². The van der Waals surface area contributed by atoms with E-state index in [1.54, 1.807) is 11.0 Å². The predicted molar refractivity (Wildman–Crippen MR) is 138 cm³/mol. The van der Waals surface area contributed by atoms with E-state index >= 15 is 0 Å². The second kappa shape index (κ2) is 12.5. The SMILES string of the molecule is O=C(/C=C/c1ccc(CN(CCOC(=O)N2CCCC2)CCC2=CCc3ccccc32)cc1)CO. The Kier molecular flexibility index (Phi) is 8.87. The maximum atomic E-state index is 12.3. The first-order chi connectivity index (χ1) is 17.1. The minimum atomic E-state index is -0.479. The Labute approximate surface area is 207 Å². The van der Waals surface area contributed by atoms with Gasteiger partial charge in [-0.3, -0.25) is 9.69 Å². The molecule has 35 heavy (non-hydrogen) atoms. The number of allylic oxidation sites excluding steroid dienone is 1. The molecule has 2 aromatic carbocycles. The highest BCUT2D eigenvalue weighted by molar-refractivity contribution is 5.94. The van der Waals surface area contributed by atoms with E-state index in [9.17, 15) is 9.59 Å². The molecule has 6 heteroatoms. The first kappa shape index (κ1) is 24.9. The van der Waals surface area contributed by atoms with Crippen LogP contribution in [-0.2, 0) is 22.5 Å².